The van der Waals surface area contributed by atoms with Gasteiger partial charge in [0.25, 0.3) is 0 Å². The van der Waals surface area contributed by atoms with Gasteiger partial charge in [-0.15, -0.1) is 0 Å². The van der Waals surface area contributed by atoms with E-state index in [0.29, 0.717) is 25.6 Å². The molecule has 0 aromatic heterocycles. The van der Waals surface area contributed by atoms with Gasteiger partial charge in [0.1, 0.15) is 5.82 Å². The van der Waals surface area contributed by atoms with Gasteiger partial charge in [0.05, 0.1) is 0 Å². The summed E-state index contributed by atoms with van der Waals surface area (Å²) in [5, 5.41) is 0.836. The molecule has 5 heteroatoms. The Morgan fingerprint density at radius 3 is 2.37 bits per heavy atom. The Labute approximate surface area is 128 Å². The Morgan fingerprint density at radius 2 is 1.74 bits per heavy atom. The molecule has 0 unspecified atom stereocenters. The predicted octanol–water partition coefficient (Wildman–Crippen LogP) is 5.32. The van der Waals surface area contributed by atoms with Gasteiger partial charge < -0.3 is 0 Å². The Bertz CT molecular complexity index is 643. The summed E-state index contributed by atoms with van der Waals surface area (Å²) in [6, 6.07) is 9.14. The van der Waals surface area contributed by atoms with Gasteiger partial charge in [-0.1, -0.05) is 29.3 Å². The highest BCUT2D eigenvalue weighted by Crippen LogP contribution is 2.24. The second-order valence-electron chi connectivity index (χ2n) is 3.96. The minimum absolute atomic E-state index is 0.0246. The van der Waals surface area contributed by atoms with E-state index in [2.05, 4.69) is 15.9 Å². The molecule has 0 spiro atoms. The largest absolute Gasteiger partial charge is 0.294 e. The number of halogens is 4. The van der Waals surface area contributed by atoms with Crippen LogP contribution in [0.15, 0.2) is 40.9 Å². The molecule has 0 aliphatic carbocycles. The van der Waals surface area contributed by atoms with Crippen LogP contribution in [0.1, 0.15) is 15.9 Å². The van der Waals surface area contributed by atoms with Crippen LogP contribution in [-0.2, 0) is 6.42 Å². The third-order valence-electron chi connectivity index (χ3n) is 2.60. The van der Waals surface area contributed by atoms with Crippen LogP contribution in [0, 0.1) is 5.82 Å². The van der Waals surface area contributed by atoms with Gasteiger partial charge in [-0.25, -0.2) is 4.39 Å². The van der Waals surface area contributed by atoms with Crippen molar-refractivity contribution in [2.45, 2.75) is 6.42 Å². The van der Waals surface area contributed by atoms with E-state index in [1.807, 2.05) is 0 Å². The highest BCUT2D eigenvalue weighted by molar-refractivity contribution is 9.10. The lowest BCUT2D eigenvalue weighted by Gasteiger charge is -2.06. The smallest absolute Gasteiger partial charge is 0.168 e. The molecule has 2 rings (SSSR count). The molecule has 0 aliphatic heterocycles. The van der Waals surface area contributed by atoms with E-state index >= 15 is 0 Å². The predicted molar refractivity (Wildman–Crippen MR) is 78.6 cm³/mol. The van der Waals surface area contributed by atoms with Crippen molar-refractivity contribution in [3.8, 4) is 0 Å². The first-order valence-electron chi connectivity index (χ1n) is 5.39. The highest BCUT2D eigenvalue weighted by atomic mass is 79.9. The minimum Gasteiger partial charge on any atom is -0.294 e. The quantitative estimate of drug-likeness (QED) is 0.676. The van der Waals surface area contributed by atoms with Crippen LogP contribution in [0.4, 0.5) is 4.39 Å². The zero-order valence-electron chi connectivity index (χ0n) is 9.59. The third-order valence-corrected chi connectivity index (χ3v) is 3.72. The van der Waals surface area contributed by atoms with Crippen molar-refractivity contribution in [1.82, 2.24) is 0 Å². The molecule has 0 atom stereocenters. The first-order valence-corrected chi connectivity index (χ1v) is 6.94. The first-order chi connectivity index (χ1) is 8.97. The molecule has 19 heavy (non-hydrogen) atoms. The van der Waals surface area contributed by atoms with Gasteiger partial charge in [-0.2, -0.15) is 0 Å². The summed E-state index contributed by atoms with van der Waals surface area (Å²) >= 11 is 14.7. The highest BCUT2D eigenvalue weighted by Gasteiger charge is 2.13. The monoisotopic (exact) mass is 360 g/mol. The molecule has 1 nitrogen and oxygen atoms in total. The van der Waals surface area contributed by atoms with Crippen LogP contribution >= 0.6 is 39.1 Å². The molecule has 98 valence electrons. The van der Waals surface area contributed by atoms with Gasteiger partial charge in [0.15, 0.2) is 5.78 Å². The van der Waals surface area contributed by atoms with Gasteiger partial charge >= 0.3 is 0 Å². The number of hydrogen-bond donors (Lipinski definition) is 0. The average Bonchev–Trinajstić information content (AvgIpc) is 2.32. The van der Waals surface area contributed by atoms with Crippen LogP contribution in [0.5, 0.6) is 0 Å². The lowest BCUT2D eigenvalue weighted by atomic mass is 10.0. The number of rotatable bonds is 3. The molecule has 0 heterocycles. The van der Waals surface area contributed by atoms with E-state index in [4.69, 9.17) is 23.2 Å². The standard InChI is InChI=1S/C14H8BrCl2FO/c15-12-6-9(16)3-4-11(12)14(19)5-8-1-2-10(17)7-13(8)18/h1-4,6-7H,5H2. The average molecular weight is 362 g/mol. The Balaban J connectivity index is 2.25. The van der Waals surface area contributed by atoms with E-state index in [9.17, 15) is 9.18 Å². The van der Waals surface area contributed by atoms with Gasteiger partial charge in [-0.3, -0.25) is 4.79 Å². The Hall–Kier alpha value is -0.900. The summed E-state index contributed by atoms with van der Waals surface area (Å²) in [6.45, 7) is 0. The van der Waals surface area contributed by atoms with Crippen LogP contribution < -0.4 is 0 Å². The van der Waals surface area contributed by atoms with Crippen molar-refractivity contribution in [2.24, 2.45) is 0 Å². The first kappa shape index (κ1) is 14.5. The summed E-state index contributed by atoms with van der Waals surface area (Å²) in [4.78, 5) is 12.1. The van der Waals surface area contributed by atoms with Crippen LogP contribution in [0.2, 0.25) is 10.0 Å². The van der Waals surface area contributed by atoms with E-state index < -0.39 is 5.82 Å². The van der Waals surface area contributed by atoms with Crippen LogP contribution in [0.3, 0.4) is 0 Å². The molecule has 0 bridgehead atoms. The number of benzene rings is 2. The molecule has 0 N–H and O–H groups in total. The molecule has 0 saturated carbocycles. The summed E-state index contributed by atoms with van der Waals surface area (Å²) in [5.41, 5.74) is 0.787. The molecule has 0 saturated heterocycles. The lowest BCUT2D eigenvalue weighted by molar-refractivity contribution is 0.0991. The SMILES string of the molecule is O=C(Cc1ccc(Cl)cc1F)c1ccc(Cl)cc1Br. The summed E-state index contributed by atoms with van der Waals surface area (Å²) in [5.74, 6) is -0.671. The van der Waals surface area contributed by atoms with Crippen molar-refractivity contribution in [1.29, 1.82) is 0 Å². The number of carbonyl (C=O) groups excluding carboxylic acids is 1. The van der Waals surface area contributed by atoms with Crippen molar-refractivity contribution < 1.29 is 9.18 Å². The van der Waals surface area contributed by atoms with Gasteiger partial charge in [-0.05, 0) is 51.8 Å². The third kappa shape index (κ3) is 3.56. The zero-order valence-corrected chi connectivity index (χ0v) is 12.7. The fraction of sp³-hybridized carbons (Fsp3) is 0.0714. The Kier molecular flexibility index (Phi) is 4.61. The van der Waals surface area contributed by atoms with Gasteiger partial charge in [0.2, 0.25) is 0 Å². The topological polar surface area (TPSA) is 17.1 Å². The normalized spacial score (nSPS) is 10.5. The molecule has 2 aromatic rings. The minimum atomic E-state index is -0.481. The maximum absolute atomic E-state index is 13.6. The van der Waals surface area contributed by atoms with Crippen molar-refractivity contribution in [3.63, 3.8) is 0 Å². The maximum Gasteiger partial charge on any atom is 0.168 e. The van der Waals surface area contributed by atoms with Gasteiger partial charge in [0, 0.05) is 26.5 Å². The maximum atomic E-state index is 13.6. The number of carbonyl (C=O) groups is 1. The fourth-order valence-corrected chi connectivity index (χ4v) is 2.71. The second kappa shape index (κ2) is 6.04. The van der Waals surface area contributed by atoms with E-state index in [-0.39, 0.29) is 12.2 Å². The second-order valence-corrected chi connectivity index (χ2v) is 5.69. The van der Waals surface area contributed by atoms with Crippen molar-refractivity contribution in [3.05, 3.63) is 67.9 Å². The molecule has 0 amide bonds. The lowest BCUT2D eigenvalue weighted by Crippen LogP contribution is -2.06. The summed E-state index contributed by atoms with van der Waals surface area (Å²) in [7, 11) is 0. The summed E-state index contributed by atoms with van der Waals surface area (Å²) in [6.07, 6.45) is -0.0246. The fourth-order valence-electron chi connectivity index (χ4n) is 1.65. The number of Topliss-reactive ketones (excluding diaryl/α,β-unsaturated/α-hetero) is 1. The molecular weight excluding hydrogens is 354 g/mol. The van der Waals surface area contributed by atoms with E-state index in [1.54, 1.807) is 24.3 Å². The summed E-state index contributed by atoms with van der Waals surface area (Å²) < 4.78 is 14.2. The molecular formula is C14H8BrCl2FO. The number of hydrogen-bond acceptors (Lipinski definition) is 1. The van der Waals surface area contributed by atoms with Crippen molar-refractivity contribution in [2.75, 3.05) is 0 Å². The van der Waals surface area contributed by atoms with E-state index in [1.165, 1.54) is 12.1 Å². The molecule has 0 fully saturated rings. The van der Waals surface area contributed by atoms with Crippen LogP contribution in [-0.4, -0.2) is 5.78 Å². The number of ketones is 1. The van der Waals surface area contributed by atoms with E-state index in [0.717, 1.165) is 0 Å². The molecule has 2 aromatic carbocycles. The molecule has 0 aliphatic rings. The van der Waals surface area contributed by atoms with Crippen molar-refractivity contribution >= 4 is 44.9 Å². The van der Waals surface area contributed by atoms with Crippen LogP contribution in [0.25, 0.3) is 0 Å². The molecule has 0 radical (unpaired) electrons. The Morgan fingerprint density at radius 1 is 1.11 bits per heavy atom. The zero-order chi connectivity index (χ0) is 14.0.